The molecule has 74 heavy (non-hydrogen) atoms. The van der Waals surface area contributed by atoms with Crippen LogP contribution in [0.1, 0.15) is 102 Å². The predicted octanol–water partition coefficient (Wildman–Crippen LogP) is 17.6. The zero-order chi connectivity index (χ0) is 49.1. The minimum atomic E-state index is -0.560. The summed E-state index contributed by atoms with van der Waals surface area (Å²) in [4.78, 5) is 2.65. The molecule has 0 saturated carbocycles. The minimum Gasteiger partial charge on any atom is -0.310 e. The zero-order valence-electron chi connectivity index (χ0n) is 42.2. The molecule has 0 aliphatic heterocycles. The van der Waals surface area contributed by atoms with E-state index in [1.165, 1.54) is 117 Å². The zero-order valence-corrected chi connectivity index (χ0v) is 42.2. The van der Waals surface area contributed by atoms with Gasteiger partial charge in [0.05, 0.1) is 27.6 Å². The number of hydrogen-bond acceptors (Lipinski definition) is 1. The molecule has 0 amide bonds. The molecule has 1 heterocycles. The van der Waals surface area contributed by atoms with Gasteiger partial charge in [-0.25, -0.2) is 0 Å². The highest BCUT2D eigenvalue weighted by molar-refractivity contribution is 6.11. The molecular weight excluding hydrogens is 893 g/mol. The molecule has 7 aliphatic rings. The summed E-state index contributed by atoms with van der Waals surface area (Å²) in [5, 5.41) is 2.51. The maximum absolute atomic E-state index is 2.65. The maximum Gasteiger partial charge on any atom is 0.0720 e. The first-order valence-electron chi connectivity index (χ1n) is 27.0. The van der Waals surface area contributed by atoms with Gasteiger partial charge < -0.3 is 9.47 Å². The highest BCUT2D eigenvalue weighted by atomic mass is 15.2. The fraction of sp³-hybridized carbons (Fsp3) is 0.167. The van der Waals surface area contributed by atoms with E-state index < -0.39 is 10.8 Å². The topological polar surface area (TPSA) is 8.17 Å². The van der Waals surface area contributed by atoms with Crippen LogP contribution in [-0.2, 0) is 16.2 Å². The molecule has 2 nitrogen and oxygen atoms in total. The van der Waals surface area contributed by atoms with Gasteiger partial charge >= 0.3 is 0 Å². The molecule has 8 aromatic carbocycles. The lowest BCUT2D eigenvalue weighted by Crippen LogP contribution is -2.47. The van der Waals surface area contributed by atoms with Crippen molar-refractivity contribution in [3.05, 3.63) is 298 Å². The van der Waals surface area contributed by atoms with Gasteiger partial charge in [-0.05, 0) is 152 Å². The fourth-order valence-electron chi connectivity index (χ4n) is 15.8. The van der Waals surface area contributed by atoms with Crippen molar-refractivity contribution >= 4 is 38.8 Å². The third kappa shape index (κ3) is 5.26. The van der Waals surface area contributed by atoms with Gasteiger partial charge in [-0.2, -0.15) is 0 Å². The standard InChI is InChI=1S/C72H56N2/c1-45-36-40-57-55(42-45)53-39-37-48(44-65(53)70(57,2)3)74-66-34-18-11-26-54(66)56-43-47(38-41-67(56)74)73(46-20-5-4-6-21-46)68-35-19-33-64-69(68)72(60-29-14-9-24-51(60)52-25-10-15-30-61(52)72)63-32-17-16-31-62(63)71(64)58-27-12-7-22-49(58)50-23-8-13-28-59(50)71/h5,7-41,43-45,51,60H,4,6,42H2,1-3H3. The Hall–Kier alpha value is -8.20. The summed E-state index contributed by atoms with van der Waals surface area (Å²) in [5.41, 5.74) is 25.7. The molecule has 9 aromatic rings. The van der Waals surface area contributed by atoms with Gasteiger partial charge in [-0.15, -0.1) is 0 Å². The van der Waals surface area contributed by atoms with E-state index in [9.17, 15) is 0 Å². The van der Waals surface area contributed by atoms with Crippen molar-refractivity contribution in [2.45, 2.75) is 62.2 Å². The van der Waals surface area contributed by atoms with E-state index >= 15 is 0 Å². The van der Waals surface area contributed by atoms with Crippen molar-refractivity contribution in [1.29, 1.82) is 0 Å². The van der Waals surface area contributed by atoms with E-state index in [-0.39, 0.29) is 17.3 Å². The van der Waals surface area contributed by atoms with Crippen LogP contribution in [0.4, 0.5) is 11.4 Å². The lowest BCUT2D eigenvalue weighted by molar-refractivity contribution is 0.432. The Balaban J connectivity index is 0.986. The fourth-order valence-corrected chi connectivity index (χ4v) is 15.8. The minimum absolute atomic E-state index is 0.0670. The highest BCUT2D eigenvalue weighted by Gasteiger charge is 2.63. The molecule has 1 aromatic heterocycles. The number of rotatable bonds is 4. The van der Waals surface area contributed by atoms with Crippen LogP contribution in [0, 0.1) is 11.8 Å². The Morgan fingerprint density at radius 3 is 2.05 bits per heavy atom. The van der Waals surface area contributed by atoms with Gasteiger partial charge in [0, 0.05) is 45.1 Å². The van der Waals surface area contributed by atoms with E-state index in [0.717, 1.165) is 24.9 Å². The number of aromatic nitrogens is 1. The molecule has 0 saturated heterocycles. The van der Waals surface area contributed by atoms with Gasteiger partial charge in [0.25, 0.3) is 0 Å². The van der Waals surface area contributed by atoms with Gasteiger partial charge in [0.2, 0.25) is 0 Å². The average Bonchev–Trinajstić information content (AvgIpc) is 4.16. The van der Waals surface area contributed by atoms with Crippen LogP contribution in [0.3, 0.4) is 0 Å². The van der Waals surface area contributed by atoms with Crippen molar-refractivity contribution in [2.75, 3.05) is 4.90 Å². The number of nitrogens with zero attached hydrogens (tertiary/aromatic N) is 2. The predicted molar refractivity (Wildman–Crippen MR) is 307 cm³/mol. The first kappa shape index (κ1) is 42.3. The Kier molecular flexibility index (Phi) is 8.68. The summed E-state index contributed by atoms with van der Waals surface area (Å²) in [7, 11) is 0. The van der Waals surface area contributed by atoms with Crippen molar-refractivity contribution in [1.82, 2.24) is 4.57 Å². The van der Waals surface area contributed by atoms with E-state index in [1.807, 2.05) is 0 Å². The average molecular weight is 949 g/mol. The van der Waals surface area contributed by atoms with Crippen LogP contribution in [-0.4, -0.2) is 4.57 Å². The number of para-hydroxylation sites is 1. The van der Waals surface area contributed by atoms with E-state index in [1.54, 1.807) is 0 Å². The number of hydrogen-bond donors (Lipinski definition) is 0. The summed E-state index contributed by atoms with van der Waals surface area (Å²) in [6, 6.07) is 68.6. The molecular formula is C72H56N2. The third-order valence-electron chi connectivity index (χ3n) is 18.7. The van der Waals surface area contributed by atoms with Crippen molar-refractivity contribution in [2.24, 2.45) is 11.8 Å². The first-order valence-corrected chi connectivity index (χ1v) is 27.0. The van der Waals surface area contributed by atoms with Crippen molar-refractivity contribution in [3.8, 4) is 16.8 Å². The Bertz CT molecular complexity index is 4090. The van der Waals surface area contributed by atoms with Crippen LogP contribution >= 0.6 is 0 Å². The molecule has 2 heteroatoms. The summed E-state index contributed by atoms with van der Waals surface area (Å²) < 4.78 is 2.53. The molecule has 4 unspecified atom stereocenters. The number of anilines is 2. The molecule has 2 spiro atoms. The van der Waals surface area contributed by atoms with Gasteiger partial charge in [-0.3, -0.25) is 0 Å². The van der Waals surface area contributed by atoms with E-state index in [2.05, 4.69) is 261 Å². The van der Waals surface area contributed by atoms with Crippen molar-refractivity contribution < 1.29 is 0 Å². The van der Waals surface area contributed by atoms with Crippen LogP contribution in [0.25, 0.3) is 44.2 Å². The second-order valence-corrected chi connectivity index (χ2v) is 22.6. The SMILES string of the molecule is CC1C=CC2=C(C1)c1ccc(-n3c4ccccc4c4cc(N(C5=CCCC=C5)c5cccc6c5C5(c7ccccc7C7C=CC=CC75)c5ccccc5C65c6ccccc6-c6ccccc65)ccc43)cc1C2(C)C. The molecule has 354 valence electrons. The summed E-state index contributed by atoms with van der Waals surface area (Å²) in [6.45, 7) is 7.18. The molecule has 0 bridgehead atoms. The van der Waals surface area contributed by atoms with Crippen molar-refractivity contribution in [3.63, 3.8) is 0 Å². The summed E-state index contributed by atoms with van der Waals surface area (Å²) in [5.74, 6) is 0.914. The van der Waals surface area contributed by atoms with Gasteiger partial charge in [-0.1, -0.05) is 203 Å². The normalized spacial score (nSPS) is 22.3. The quantitative estimate of drug-likeness (QED) is 0.171. The van der Waals surface area contributed by atoms with Gasteiger partial charge in [0.15, 0.2) is 0 Å². The number of fused-ring (bicyclic) bond motifs is 21. The molecule has 16 rings (SSSR count). The Morgan fingerprint density at radius 2 is 1.24 bits per heavy atom. The van der Waals surface area contributed by atoms with Crippen LogP contribution in [0.2, 0.25) is 0 Å². The first-order chi connectivity index (χ1) is 36.4. The molecule has 0 N–H and O–H groups in total. The molecule has 0 fully saturated rings. The highest BCUT2D eigenvalue weighted by Crippen LogP contribution is 2.70. The van der Waals surface area contributed by atoms with Crippen LogP contribution in [0.5, 0.6) is 0 Å². The Morgan fingerprint density at radius 1 is 0.541 bits per heavy atom. The molecule has 7 aliphatic carbocycles. The third-order valence-corrected chi connectivity index (χ3v) is 18.7. The van der Waals surface area contributed by atoms with Crippen LogP contribution in [0.15, 0.2) is 242 Å². The van der Waals surface area contributed by atoms with Gasteiger partial charge in [0.1, 0.15) is 0 Å². The lowest BCUT2D eigenvalue weighted by Gasteiger charge is -2.52. The summed E-state index contributed by atoms with van der Waals surface area (Å²) in [6.07, 6.45) is 24.8. The number of benzene rings is 8. The molecule has 0 radical (unpaired) electrons. The lowest BCUT2D eigenvalue weighted by atomic mass is 9.50. The largest absolute Gasteiger partial charge is 0.310 e. The van der Waals surface area contributed by atoms with E-state index in [4.69, 9.17) is 0 Å². The molecule has 4 atom stereocenters. The summed E-state index contributed by atoms with van der Waals surface area (Å²) >= 11 is 0. The van der Waals surface area contributed by atoms with E-state index in [0.29, 0.717) is 5.92 Å². The maximum atomic E-state index is 2.65. The second-order valence-electron chi connectivity index (χ2n) is 22.6. The number of allylic oxidation sites excluding steroid dienone is 11. The Labute approximate surface area is 434 Å². The second kappa shape index (κ2) is 15.2. The smallest absolute Gasteiger partial charge is 0.0720 e. The monoisotopic (exact) mass is 948 g/mol. The van der Waals surface area contributed by atoms with Crippen LogP contribution < -0.4 is 4.90 Å².